The van der Waals surface area contributed by atoms with Crippen LogP contribution in [0.3, 0.4) is 0 Å². The second kappa shape index (κ2) is 5.07. The maximum absolute atomic E-state index is 12.4. The highest BCUT2D eigenvalue weighted by Gasteiger charge is 2.66. The number of aliphatic carboxylic acids is 1. The molecule has 2 aliphatic rings. The minimum Gasteiger partial charge on any atom is -0.480 e. The molecule has 2 fully saturated rings. The van der Waals surface area contributed by atoms with Crippen LogP contribution in [0.2, 0.25) is 0 Å². The number of carboxylic acids is 1. The summed E-state index contributed by atoms with van der Waals surface area (Å²) in [5, 5.41) is 19.2. The molecule has 1 aromatic rings. The number of imidazole rings is 1. The number of aryl methyl sites for hydroxylation is 1. The third-order valence-corrected chi connectivity index (χ3v) is 5.96. The number of carbonyl (C=O) groups excluding carboxylic acids is 2. The molecule has 8 nitrogen and oxygen atoms in total. The number of hydrogen-bond acceptors (Lipinski definition) is 6. The maximum atomic E-state index is 12.4. The fraction of sp³-hybridized carbons (Fsp3) is 0.571. The summed E-state index contributed by atoms with van der Waals surface area (Å²) in [5.41, 5.74) is 0. The average molecular weight is 339 g/mol. The molecule has 3 heterocycles. The van der Waals surface area contributed by atoms with Gasteiger partial charge in [0.15, 0.2) is 5.82 Å². The van der Waals surface area contributed by atoms with E-state index in [-0.39, 0.29) is 5.82 Å². The van der Waals surface area contributed by atoms with Crippen LogP contribution in [0.5, 0.6) is 0 Å². The number of ketones is 1. The Kier molecular flexibility index (Phi) is 3.53. The Hall–Kier alpha value is -1.87. The van der Waals surface area contributed by atoms with Gasteiger partial charge in [0.1, 0.15) is 18.1 Å². The van der Waals surface area contributed by atoms with Crippen LogP contribution in [0.15, 0.2) is 12.4 Å². The lowest BCUT2D eigenvalue weighted by Crippen LogP contribution is -2.66. The number of nitrogens with zero attached hydrogens (tertiary/aromatic N) is 3. The smallest absolute Gasteiger partial charge is 0.327 e. The maximum Gasteiger partial charge on any atom is 0.327 e. The van der Waals surface area contributed by atoms with E-state index in [2.05, 4.69) is 4.98 Å². The Morgan fingerprint density at radius 1 is 1.43 bits per heavy atom. The minimum atomic E-state index is -1.53. The van der Waals surface area contributed by atoms with Crippen molar-refractivity contribution in [2.45, 2.75) is 36.1 Å². The van der Waals surface area contributed by atoms with Gasteiger partial charge in [0.05, 0.1) is 5.37 Å². The monoisotopic (exact) mass is 339 g/mol. The number of fused-ring (bicyclic) bond motifs is 1. The summed E-state index contributed by atoms with van der Waals surface area (Å²) in [5.74, 6) is -3.08. The molecule has 2 saturated heterocycles. The Bertz CT molecular complexity index is 700. The third-order valence-electron chi connectivity index (χ3n) is 4.37. The van der Waals surface area contributed by atoms with E-state index >= 15 is 0 Å². The molecular formula is C14H17N3O5S. The van der Waals surface area contributed by atoms with Crippen molar-refractivity contribution < 1.29 is 24.6 Å². The zero-order valence-electron chi connectivity index (χ0n) is 12.8. The van der Waals surface area contributed by atoms with Gasteiger partial charge in [-0.2, -0.15) is 0 Å². The van der Waals surface area contributed by atoms with Gasteiger partial charge >= 0.3 is 5.97 Å². The van der Waals surface area contributed by atoms with Crippen molar-refractivity contribution >= 4 is 29.4 Å². The predicted octanol–water partition coefficient (Wildman–Crippen LogP) is -0.273. The normalized spacial score (nSPS) is 29.8. The first-order valence-corrected chi connectivity index (χ1v) is 7.97. The molecule has 2 N–H and O–H groups in total. The zero-order valence-corrected chi connectivity index (χ0v) is 13.6. The van der Waals surface area contributed by atoms with Gasteiger partial charge in [-0.3, -0.25) is 9.59 Å². The van der Waals surface area contributed by atoms with Gasteiger partial charge in [-0.25, -0.2) is 9.78 Å². The molecule has 0 spiro atoms. The molecule has 0 bridgehead atoms. The van der Waals surface area contributed by atoms with Crippen molar-refractivity contribution in [1.29, 1.82) is 0 Å². The molecule has 0 radical (unpaired) electrons. The summed E-state index contributed by atoms with van der Waals surface area (Å²) < 4.78 is 0.783. The van der Waals surface area contributed by atoms with Gasteiger partial charge in [-0.15, -0.1) is 11.8 Å². The van der Waals surface area contributed by atoms with Gasteiger partial charge in [0.25, 0.3) is 0 Å². The molecule has 0 saturated carbocycles. The van der Waals surface area contributed by atoms with E-state index in [9.17, 15) is 24.6 Å². The molecule has 0 aliphatic carbocycles. The van der Waals surface area contributed by atoms with Gasteiger partial charge in [-0.1, -0.05) is 0 Å². The number of carboxylic acid groups (broad SMARTS) is 1. The number of amides is 1. The Morgan fingerprint density at radius 3 is 2.61 bits per heavy atom. The van der Waals surface area contributed by atoms with Crippen molar-refractivity contribution in [3.05, 3.63) is 18.2 Å². The predicted molar refractivity (Wildman–Crippen MR) is 80.8 cm³/mol. The van der Waals surface area contributed by atoms with Crippen LogP contribution < -0.4 is 0 Å². The highest BCUT2D eigenvalue weighted by atomic mass is 32.2. The molecule has 23 heavy (non-hydrogen) atoms. The van der Waals surface area contributed by atoms with Gasteiger partial charge in [-0.05, 0) is 13.8 Å². The Labute approximate surface area is 136 Å². The first-order valence-electron chi connectivity index (χ1n) is 7.09. The number of rotatable bonds is 4. The first-order chi connectivity index (χ1) is 10.7. The number of aromatic nitrogens is 2. The molecule has 1 amide bonds. The number of hydrogen-bond donors (Lipinski definition) is 2. The molecule has 4 atom stereocenters. The van der Waals surface area contributed by atoms with Crippen LogP contribution in [0.25, 0.3) is 0 Å². The van der Waals surface area contributed by atoms with Crippen LogP contribution >= 0.6 is 11.8 Å². The number of thioether (sulfide) groups is 1. The van der Waals surface area contributed by atoms with Crippen LogP contribution in [0.1, 0.15) is 24.5 Å². The summed E-state index contributed by atoms with van der Waals surface area (Å²) >= 11 is 1.30. The molecule has 9 heteroatoms. The standard InChI is InChI=1S/C14H17N3O5S/c1-14(2)9(13(21)22)17-11(20)6(12(17)23-14)7(18)8(19)10-15-4-5-16(10)3/h4-7,9,12,18H,1-3H3,(H,21,22)/t6-,7+,9+,12-/m1/s1. The summed E-state index contributed by atoms with van der Waals surface area (Å²) in [4.78, 5) is 41.3. The summed E-state index contributed by atoms with van der Waals surface area (Å²) in [6.45, 7) is 3.48. The summed E-state index contributed by atoms with van der Waals surface area (Å²) in [6.07, 6.45) is 1.48. The molecule has 0 aromatic carbocycles. The van der Waals surface area contributed by atoms with E-state index < -0.39 is 45.8 Å². The summed E-state index contributed by atoms with van der Waals surface area (Å²) in [6, 6.07) is -0.961. The van der Waals surface area contributed by atoms with Crippen LogP contribution in [0.4, 0.5) is 0 Å². The van der Waals surface area contributed by atoms with Crippen LogP contribution in [-0.2, 0) is 16.6 Å². The number of Topliss-reactive ketones (excluding diaryl/α,β-unsaturated/α-hetero) is 1. The van der Waals surface area contributed by atoms with E-state index in [1.165, 1.54) is 27.4 Å². The second-order valence-electron chi connectivity index (χ2n) is 6.29. The van der Waals surface area contributed by atoms with Gasteiger partial charge in [0.2, 0.25) is 11.7 Å². The lowest BCUT2D eigenvalue weighted by molar-refractivity contribution is -0.167. The number of carbonyl (C=O) groups is 3. The van der Waals surface area contributed by atoms with Crippen LogP contribution in [0, 0.1) is 5.92 Å². The second-order valence-corrected chi connectivity index (χ2v) is 8.07. The van der Waals surface area contributed by atoms with Crippen molar-refractivity contribution in [2.75, 3.05) is 0 Å². The third kappa shape index (κ3) is 2.18. The van der Waals surface area contributed by atoms with Crippen molar-refractivity contribution in [2.24, 2.45) is 13.0 Å². The largest absolute Gasteiger partial charge is 0.480 e. The first kappa shape index (κ1) is 16.0. The minimum absolute atomic E-state index is 0.0702. The molecule has 0 unspecified atom stereocenters. The van der Waals surface area contributed by atoms with E-state index in [0.717, 1.165) is 0 Å². The van der Waals surface area contributed by atoms with Crippen molar-refractivity contribution in [3.8, 4) is 0 Å². The highest BCUT2D eigenvalue weighted by Crippen LogP contribution is 2.54. The Morgan fingerprint density at radius 2 is 2.09 bits per heavy atom. The van der Waals surface area contributed by atoms with Crippen LogP contribution in [-0.4, -0.2) is 64.6 Å². The van der Waals surface area contributed by atoms with Gasteiger partial charge < -0.3 is 19.7 Å². The average Bonchev–Trinajstić information content (AvgIpc) is 2.97. The van der Waals surface area contributed by atoms with E-state index in [1.54, 1.807) is 27.1 Å². The fourth-order valence-corrected chi connectivity index (χ4v) is 4.95. The lowest BCUT2D eigenvalue weighted by Gasteiger charge is -2.44. The van der Waals surface area contributed by atoms with Crippen molar-refractivity contribution in [1.82, 2.24) is 14.5 Å². The molecule has 1 aromatic heterocycles. The topological polar surface area (TPSA) is 113 Å². The number of β-lactam (4-membered cyclic amide) rings is 1. The molecule has 2 aliphatic heterocycles. The fourth-order valence-electron chi connectivity index (χ4n) is 3.23. The highest BCUT2D eigenvalue weighted by molar-refractivity contribution is 8.01. The van der Waals surface area contributed by atoms with E-state index in [4.69, 9.17) is 0 Å². The quantitative estimate of drug-likeness (QED) is 0.573. The van der Waals surface area contributed by atoms with E-state index in [0.29, 0.717) is 0 Å². The van der Waals surface area contributed by atoms with Crippen molar-refractivity contribution in [3.63, 3.8) is 0 Å². The lowest BCUT2D eigenvalue weighted by atomic mass is 9.86. The molecule has 124 valence electrons. The Balaban J connectivity index is 1.84. The van der Waals surface area contributed by atoms with Gasteiger partial charge in [0, 0.05) is 24.2 Å². The van der Waals surface area contributed by atoms with E-state index in [1.807, 2.05) is 0 Å². The molecule has 3 rings (SSSR count). The number of aliphatic hydroxyl groups excluding tert-OH is 1. The SMILES string of the molecule is Cn1ccnc1C(=O)[C@@H](O)[C@@H]1C(=O)N2[C@@H]1SC(C)(C)[C@@H]2C(=O)O. The zero-order chi connectivity index (χ0) is 17.1. The number of aliphatic hydroxyl groups is 1. The summed E-state index contributed by atoms with van der Waals surface area (Å²) in [7, 11) is 1.62. The molecular weight excluding hydrogens is 322 g/mol.